The summed E-state index contributed by atoms with van der Waals surface area (Å²) in [7, 11) is 0. The molecule has 1 aromatic heterocycles. The van der Waals surface area contributed by atoms with E-state index in [0.717, 1.165) is 22.1 Å². The highest BCUT2D eigenvalue weighted by molar-refractivity contribution is 9.10. The van der Waals surface area contributed by atoms with E-state index in [1.54, 1.807) is 12.3 Å². The summed E-state index contributed by atoms with van der Waals surface area (Å²) in [5.74, 6) is 0.498. The zero-order valence-corrected chi connectivity index (χ0v) is 12.6. The van der Waals surface area contributed by atoms with Gasteiger partial charge in [-0.2, -0.15) is 5.26 Å². The van der Waals surface area contributed by atoms with Crippen LogP contribution in [0.25, 0.3) is 0 Å². The van der Waals surface area contributed by atoms with Crippen molar-refractivity contribution < 1.29 is 0 Å². The van der Waals surface area contributed by atoms with Crippen LogP contribution in [0.2, 0.25) is 5.02 Å². The predicted molar refractivity (Wildman–Crippen MR) is 80.8 cm³/mol. The van der Waals surface area contributed by atoms with Crippen LogP contribution in [-0.2, 0) is 6.42 Å². The minimum Gasteiger partial charge on any atom is -0.339 e. The first-order chi connectivity index (χ1) is 9.15. The molecule has 2 rings (SSSR count). The lowest BCUT2D eigenvalue weighted by Crippen LogP contribution is -1.99. The fraction of sp³-hybridized carbons (Fsp3) is 0.143. The van der Waals surface area contributed by atoms with Crippen LogP contribution in [-0.4, -0.2) is 4.98 Å². The number of aryl methyl sites for hydroxylation is 1. The van der Waals surface area contributed by atoms with Crippen molar-refractivity contribution in [1.82, 2.24) is 4.98 Å². The molecule has 19 heavy (non-hydrogen) atoms. The highest BCUT2D eigenvalue weighted by Crippen LogP contribution is 2.29. The highest BCUT2D eigenvalue weighted by atomic mass is 79.9. The average molecular weight is 337 g/mol. The second-order valence-corrected chi connectivity index (χ2v) is 5.21. The number of benzene rings is 1. The monoisotopic (exact) mass is 335 g/mol. The van der Waals surface area contributed by atoms with Crippen LogP contribution in [0.15, 0.2) is 34.9 Å². The van der Waals surface area contributed by atoms with Crippen molar-refractivity contribution >= 4 is 39.0 Å². The fourth-order valence-corrected chi connectivity index (χ4v) is 2.33. The minimum absolute atomic E-state index is 0.343. The molecule has 3 nitrogen and oxygen atoms in total. The van der Waals surface area contributed by atoms with E-state index in [2.05, 4.69) is 33.2 Å². The second kappa shape index (κ2) is 6.05. The SMILES string of the molecule is CCc1cc(Br)ccc1Nc1nccc(C#N)c1Cl. The van der Waals surface area contributed by atoms with Crippen LogP contribution < -0.4 is 5.32 Å². The summed E-state index contributed by atoms with van der Waals surface area (Å²) in [6.45, 7) is 2.08. The van der Waals surface area contributed by atoms with Crippen molar-refractivity contribution in [3.8, 4) is 6.07 Å². The zero-order valence-electron chi connectivity index (χ0n) is 10.2. The Morgan fingerprint density at radius 3 is 2.89 bits per heavy atom. The molecule has 0 atom stereocenters. The third-order valence-corrected chi connectivity index (χ3v) is 3.59. The maximum absolute atomic E-state index is 8.95. The van der Waals surface area contributed by atoms with Crippen molar-refractivity contribution in [2.24, 2.45) is 0 Å². The van der Waals surface area contributed by atoms with Gasteiger partial charge in [-0.1, -0.05) is 34.5 Å². The molecule has 1 N–H and O–H groups in total. The van der Waals surface area contributed by atoms with E-state index in [-0.39, 0.29) is 0 Å². The van der Waals surface area contributed by atoms with Crippen LogP contribution in [0.3, 0.4) is 0 Å². The van der Waals surface area contributed by atoms with Crippen molar-refractivity contribution in [3.05, 3.63) is 51.1 Å². The predicted octanol–water partition coefficient (Wildman–Crippen LogP) is 4.68. The molecule has 5 heteroatoms. The van der Waals surface area contributed by atoms with Gasteiger partial charge in [0.05, 0.1) is 5.56 Å². The summed E-state index contributed by atoms with van der Waals surface area (Å²) < 4.78 is 1.03. The lowest BCUT2D eigenvalue weighted by Gasteiger charge is -2.12. The average Bonchev–Trinajstić information content (AvgIpc) is 2.42. The normalized spacial score (nSPS) is 10.0. The molecule has 1 heterocycles. The molecule has 0 fully saturated rings. The van der Waals surface area contributed by atoms with Gasteiger partial charge in [-0.3, -0.25) is 0 Å². The zero-order chi connectivity index (χ0) is 13.8. The van der Waals surface area contributed by atoms with Crippen molar-refractivity contribution in [1.29, 1.82) is 5.26 Å². The van der Waals surface area contributed by atoms with E-state index >= 15 is 0 Å². The first-order valence-electron chi connectivity index (χ1n) is 5.75. The number of aromatic nitrogens is 1. The van der Waals surface area contributed by atoms with Gasteiger partial charge in [0, 0.05) is 16.4 Å². The molecule has 0 radical (unpaired) electrons. The van der Waals surface area contributed by atoms with Gasteiger partial charge in [-0.25, -0.2) is 4.98 Å². The van der Waals surface area contributed by atoms with Gasteiger partial charge in [-0.05, 0) is 36.2 Å². The molecule has 2 aromatic rings. The summed E-state index contributed by atoms with van der Waals surface area (Å²) in [5.41, 5.74) is 2.50. The summed E-state index contributed by atoms with van der Waals surface area (Å²) in [6.07, 6.45) is 2.45. The third kappa shape index (κ3) is 3.06. The van der Waals surface area contributed by atoms with Crippen LogP contribution in [0.5, 0.6) is 0 Å². The molecule has 96 valence electrons. The summed E-state index contributed by atoms with van der Waals surface area (Å²) in [5, 5.41) is 12.5. The van der Waals surface area contributed by atoms with E-state index in [0.29, 0.717) is 16.4 Å². The number of rotatable bonds is 3. The maximum atomic E-state index is 8.95. The third-order valence-electron chi connectivity index (χ3n) is 2.71. The number of nitrogens with one attached hydrogen (secondary N) is 1. The van der Waals surface area contributed by atoms with E-state index in [1.807, 2.05) is 24.3 Å². The molecule has 0 bridgehead atoms. The van der Waals surface area contributed by atoms with E-state index in [1.165, 1.54) is 0 Å². The van der Waals surface area contributed by atoms with Gasteiger partial charge in [-0.15, -0.1) is 0 Å². The maximum Gasteiger partial charge on any atom is 0.150 e. The quantitative estimate of drug-likeness (QED) is 0.885. The molecular formula is C14H11BrClN3. The number of anilines is 2. The van der Waals surface area contributed by atoms with Gasteiger partial charge >= 0.3 is 0 Å². The van der Waals surface area contributed by atoms with Gasteiger partial charge in [0.2, 0.25) is 0 Å². The Hall–Kier alpha value is -1.57. The summed E-state index contributed by atoms with van der Waals surface area (Å²) >= 11 is 9.58. The topological polar surface area (TPSA) is 48.7 Å². The number of halogens is 2. The molecule has 0 saturated heterocycles. The molecule has 1 aromatic carbocycles. The van der Waals surface area contributed by atoms with Crippen LogP contribution in [0, 0.1) is 11.3 Å². The Morgan fingerprint density at radius 1 is 1.42 bits per heavy atom. The molecule has 0 amide bonds. The molecular weight excluding hydrogens is 326 g/mol. The van der Waals surface area contributed by atoms with E-state index < -0.39 is 0 Å². The number of hydrogen-bond donors (Lipinski definition) is 1. The van der Waals surface area contributed by atoms with Gasteiger partial charge in [0.15, 0.2) is 5.82 Å². The van der Waals surface area contributed by atoms with Gasteiger partial charge < -0.3 is 5.32 Å². The fourth-order valence-electron chi connectivity index (χ4n) is 1.72. The van der Waals surface area contributed by atoms with Gasteiger partial charge in [0.25, 0.3) is 0 Å². The molecule has 0 unspecified atom stereocenters. The second-order valence-electron chi connectivity index (χ2n) is 3.91. The van der Waals surface area contributed by atoms with Crippen LogP contribution in [0.4, 0.5) is 11.5 Å². The Labute approximate surface area is 125 Å². The standard InChI is InChI=1S/C14H11BrClN3/c1-2-9-7-11(15)3-4-12(9)19-14-13(16)10(8-17)5-6-18-14/h3-7H,2H2,1H3,(H,18,19). The smallest absolute Gasteiger partial charge is 0.150 e. The minimum atomic E-state index is 0.343. The van der Waals surface area contributed by atoms with Crippen LogP contribution in [0.1, 0.15) is 18.1 Å². The number of hydrogen-bond acceptors (Lipinski definition) is 3. The molecule has 0 aliphatic heterocycles. The Morgan fingerprint density at radius 2 is 2.21 bits per heavy atom. The summed E-state index contributed by atoms with van der Waals surface area (Å²) in [4.78, 5) is 4.17. The Bertz CT molecular complexity index is 650. The van der Waals surface area contributed by atoms with Crippen LogP contribution >= 0.6 is 27.5 Å². The largest absolute Gasteiger partial charge is 0.339 e. The van der Waals surface area contributed by atoms with Crippen molar-refractivity contribution in [3.63, 3.8) is 0 Å². The van der Waals surface area contributed by atoms with E-state index in [4.69, 9.17) is 16.9 Å². The van der Waals surface area contributed by atoms with Crippen molar-refractivity contribution in [2.75, 3.05) is 5.32 Å². The molecule has 0 spiro atoms. The number of nitriles is 1. The first-order valence-corrected chi connectivity index (χ1v) is 6.93. The highest BCUT2D eigenvalue weighted by Gasteiger charge is 2.09. The van der Waals surface area contributed by atoms with Gasteiger partial charge in [0.1, 0.15) is 11.1 Å². The summed E-state index contributed by atoms with van der Waals surface area (Å²) in [6, 6.07) is 9.59. The molecule has 0 saturated carbocycles. The molecule has 0 aliphatic rings. The number of pyridine rings is 1. The van der Waals surface area contributed by atoms with Crippen molar-refractivity contribution in [2.45, 2.75) is 13.3 Å². The number of nitrogens with zero attached hydrogens (tertiary/aromatic N) is 2. The first kappa shape index (κ1) is 13.9. The lowest BCUT2D eigenvalue weighted by molar-refractivity contribution is 1.13. The van der Waals surface area contributed by atoms with E-state index in [9.17, 15) is 0 Å². The molecule has 0 aliphatic carbocycles. The Balaban J connectivity index is 2.40. The lowest BCUT2D eigenvalue weighted by atomic mass is 10.1. The Kier molecular flexibility index (Phi) is 4.41.